The first-order valence-electron chi connectivity index (χ1n) is 9.19. The van der Waals surface area contributed by atoms with Crippen LogP contribution in [0.2, 0.25) is 0 Å². The fraction of sp³-hybridized carbons (Fsp3) is 0.130. The fourth-order valence-corrected chi connectivity index (χ4v) is 4.44. The number of carbonyl (C=O) groups is 2. The fourth-order valence-electron chi connectivity index (χ4n) is 3.27. The van der Waals surface area contributed by atoms with E-state index < -0.39 is 11.7 Å². The lowest BCUT2D eigenvalue weighted by molar-refractivity contribution is -0.115. The molecule has 0 saturated carbocycles. The molecule has 6 heteroatoms. The maximum Gasteiger partial charge on any atom is 0.258 e. The number of hydrogen-bond acceptors (Lipinski definition) is 3. The standard InChI is InChI=1S/C23H19FN2O2S/c1-15-9-11-18(12-10-15)26-21(27)14-29-23(26)16-5-4-6-17(13-16)25-22(28)19-7-2-3-8-20(19)24/h2-13,23H,14H2,1H3,(H,25,28)/t23-/m1/s1. The Balaban J connectivity index is 1.59. The number of amides is 2. The molecule has 3 aromatic carbocycles. The van der Waals surface area contributed by atoms with Crippen molar-refractivity contribution >= 4 is 35.0 Å². The number of thioether (sulfide) groups is 1. The first-order valence-corrected chi connectivity index (χ1v) is 10.2. The first-order chi connectivity index (χ1) is 14.0. The molecular weight excluding hydrogens is 387 g/mol. The highest BCUT2D eigenvalue weighted by atomic mass is 32.2. The third kappa shape index (κ3) is 4.03. The van der Waals surface area contributed by atoms with Gasteiger partial charge in [0.05, 0.1) is 11.3 Å². The molecule has 0 unspecified atom stereocenters. The monoisotopic (exact) mass is 406 g/mol. The van der Waals surface area contributed by atoms with Crippen molar-refractivity contribution in [2.75, 3.05) is 16.0 Å². The summed E-state index contributed by atoms with van der Waals surface area (Å²) in [5.74, 6) is -0.635. The van der Waals surface area contributed by atoms with E-state index in [0.717, 1.165) is 16.8 Å². The van der Waals surface area contributed by atoms with Crippen LogP contribution in [0.15, 0.2) is 72.8 Å². The Hall–Kier alpha value is -3.12. The molecule has 1 atom stereocenters. The summed E-state index contributed by atoms with van der Waals surface area (Å²) >= 11 is 1.54. The van der Waals surface area contributed by atoms with E-state index in [1.807, 2.05) is 49.4 Å². The third-order valence-corrected chi connectivity index (χ3v) is 5.94. The molecule has 146 valence electrons. The average molecular weight is 406 g/mol. The molecule has 0 bridgehead atoms. The van der Waals surface area contributed by atoms with Crippen LogP contribution in [0.5, 0.6) is 0 Å². The number of aryl methyl sites for hydroxylation is 1. The summed E-state index contributed by atoms with van der Waals surface area (Å²) in [6, 6.07) is 21.0. The zero-order valence-corrected chi connectivity index (χ0v) is 16.6. The van der Waals surface area contributed by atoms with Gasteiger partial charge in [0.15, 0.2) is 0 Å². The second-order valence-electron chi connectivity index (χ2n) is 6.82. The van der Waals surface area contributed by atoms with Crippen molar-refractivity contribution in [1.29, 1.82) is 0 Å². The quantitative estimate of drug-likeness (QED) is 0.651. The molecule has 29 heavy (non-hydrogen) atoms. The molecule has 4 rings (SSSR count). The molecule has 3 aromatic rings. The lowest BCUT2D eigenvalue weighted by atomic mass is 10.1. The van der Waals surface area contributed by atoms with Crippen molar-refractivity contribution in [1.82, 2.24) is 0 Å². The SMILES string of the molecule is Cc1ccc(N2C(=O)CS[C@@H]2c2cccc(NC(=O)c3ccccc3F)c2)cc1. The topological polar surface area (TPSA) is 49.4 Å². The zero-order chi connectivity index (χ0) is 20.4. The number of benzene rings is 3. The van der Waals surface area contributed by atoms with E-state index in [1.165, 1.54) is 12.1 Å². The Morgan fingerprint density at radius 2 is 1.83 bits per heavy atom. The van der Waals surface area contributed by atoms with Gasteiger partial charge < -0.3 is 5.32 Å². The number of nitrogens with one attached hydrogen (secondary N) is 1. The highest BCUT2D eigenvalue weighted by Gasteiger charge is 2.34. The van der Waals surface area contributed by atoms with Gasteiger partial charge in [-0.2, -0.15) is 0 Å². The Bertz CT molecular complexity index is 1070. The van der Waals surface area contributed by atoms with Gasteiger partial charge in [0.2, 0.25) is 5.91 Å². The molecule has 4 nitrogen and oxygen atoms in total. The van der Waals surface area contributed by atoms with Gasteiger partial charge in [-0.15, -0.1) is 11.8 Å². The van der Waals surface area contributed by atoms with E-state index in [9.17, 15) is 14.0 Å². The molecule has 0 radical (unpaired) electrons. The number of nitrogens with zero attached hydrogens (tertiary/aromatic N) is 1. The summed E-state index contributed by atoms with van der Waals surface area (Å²) in [5.41, 5.74) is 3.41. The molecule has 0 spiro atoms. The summed E-state index contributed by atoms with van der Waals surface area (Å²) in [4.78, 5) is 26.7. The van der Waals surface area contributed by atoms with Gasteiger partial charge in [-0.1, -0.05) is 42.0 Å². The maximum absolute atomic E-state index is 13.9. The van der Waals surface area contributed by atoms with E-state index in [-0.39, 0.29) is 16.8 Å². The second-order valence-corrected chi connectivity index (χ2v) is 7.89. The van der Waals surface area contributed by atoms with Crippen LogP contribution < -0.4 is 10.2 Å². The first kappa shape index (κ1) is 19.2. The number of anilines is 2. The van der Waals surface area contributed by atoms with Gasteiger partial charge in [0, 0.05) is 11.4 Å². The highest BCUT2D eigenvalue weighted by molar-refractivity contribution is 8.00. The number of carbonyl (C=O) groups excluding carboxylic acids is 2. The molecule has 0 aromatic heterocycles. The Morgan fingerprint density at radius 1 is 1.07 bits per heavy atom. The number of halogens is 1. The molecule has 1 N–H and O–H groups in total. The van der Waals surface area contributed by atoms with Crippen molar-refractivity contribution in [3.05, 3.63) is 95.3 Å². The number of rotatable bonds is 4. The molecule has 1 fully saturated rings. The van der Waals surface area contributed by atoms with Crippen LogP contribution in [0.3, 0.4) is 0 Å². The zero-order valence-electron chi connectivity index (χ0n) is 15.8. The van der Waals surface area contributed by atoms with Crippen LogP contribution >= 0.6 is 11.8 Å². The van der Waals surface area contributed by atoms with Crippen LogP contribution in [0.4, 0.5) is 15.8 Å². The summed E-state index contributed by atoms with van der Waals surface area (Å²) in [5, 5.41) is 2.56. The van der Waals surface area contributed by atoms with Crippen molar-refractivity contribution in [2.45, 2.75) is 12.3 Å². The minimum Gasteiger partial charge on any atom is -0.322 e. The molecule has 0 aliphatic carbocycles. The van der Waals surface area contributed by atoms with E-state index in [4.69, 9.17) is 0 Å². The van der Waals surface area contributed by atoms with E-state index >= 15 is 0 Å². The molecular formula is C23H19FN2O2S. The molecule has 1 aliphatic heterocycles. The Morgan fingerprint density at radius 3 is 2.59 bits per heavy atom. The molecule has 1 heterocycles. The van der Waals surface area contributed by atoms with Crippen LogP contribution in [0, 0.1) is 12.7 Å². The molecule has 1 aliphatic rings. The van der Waals surface area contributed by atoms with Gasteiger partial charge in [-0.3, -0.25) is 14.5 Å². The van der Waals surface area contributed by atoms with Gasteiger partial charge in [-0.05, 0) is 48.9 Å². The van der Waals surface area contributed by atoms with Crippen LogP contribution in [0.25, 0.3) is 0 Å². The molecule has 2 amide bonds. The average Bonchev–Trinajstić information content (AvgIpc) is 3.10. The van der Waals surface area contributed by atoms with E-state index in [0.29, 0.717) is 11.4 Å². The van der Waals surface area contributed by atoms with Gasteiger partial charge in [-0.25, -0.2) is 4.39 Å². The van der Waals surface area contributed by atoms with Crippen molar-refractivity contribution < 1.29 is 14.0 Å². The Kier molecular flexibility index (Phi) is 5.36. The normalized spacial score (nSPS) is 16.1. The summed E-state index contributed by atoms with van der Waals surface area (Å²) in [7, 11) is 0. The predicted octanol–water partition coefficient (Wildman–Crippen LogP) is 5.17. The lowest BCUT2D eigenvalue weighted by Gasteiger charge is -2.25. The smallest absolute Gasteiger partial charge is 0.258 e. The van der Waals surface area contributed by atoms with Gasteiger partial charge in [0.1, 0.15) is 11.2 Å². The number of hydrogen-bond donors (Lipinski definition) is 1. The van der Waals surface area contributed by atoms with Crippen molar-refractivity contribution in [2.24, 2.45) is 0 Å². The summed E-state index contributed by atoms with van der Waals surface area (Å²) in [6.07, 6.45) is 0. The summed E-state index contributed by atoms with van der Waals surface area (Å²) in [6.45, 7) is 2.00. The van der Waals surface area contributed by atoms with Crippen LogP contribution in [-0.2, 0) is 4.79 Å². The van der Waals surface area contributed by atoms with Gasteiger partial charge >= 0.3 is 0 Å². The minimum absolute atomic E-state index is 0.00963. The minimum atomic E-state index is -0.566. The van der Waals surface area contributed by atoms with Gasteiger partial charge in [0.25, 0.3) is 5.91 Å². The van der Waals surface area contributed by atoms with Crippen LogP contribution in [-0.4, -0.2) is 17.6 Å². The largest absolute Gasteiger partial charge is 0.322 e. The maximum atomic E-state index is 13.9. The lowest BCUT2D eigenvalue weighted by Crippen LogP contribution is -2.27. The van der Waals surface area contributed by atoms with Crippen molar-refractivity contribution in [3.63, 3.8) is 0 Å². The predicted molar refractivity (Wildman–Crippen MR) is 115 cm³/mol. The van der Waals surface area contributed by atoms with E-state index in [1.54, 1.807) is 34.9 Å². The highest BCUT2D eigenvalue weighted by Crippen LogP contribution is 2.42. The second kappa shape index (κ2) is 8.09. The molecule has 1 saturated heterocycles. The Labute approximate surface area is 172 Å². The summed E-state index contributed by atoms with van der Waals surface area (Å²) < 4.78 is 13.9. The third-order valence-electron chi connectivity index (χ3n) is 4.73. The van der Waals surface area contributed by atoms with Crippen LogP contribution in [0.1, 0.15) is 26.9 Å². The van der Waals surface area contributed by atoms with Crippen molar-refractivity contribution in [3.8, 4) is 0 Å². The van der Waals surface area contributed by atoms with E-state index in [2.05, 4.69) is 5.32 Å².